The standard InChI is InChI=1S/C26H29FN2O4/c1-14(24(32)29-26-11-25(12-26,13-26)9-16(31)10-30)23-18-7-17(8-19(18)23)33-22-4-5-28-21-3-2-15(27)6-20(21)22/h2-6,14,17-19,23,30H,7-13H2,1H3,(H,29,32)/t14?,17?,18-,19+,23?,25?,26?. The molecule has 5 aliphatic carbocycles. The second kappa shape index (κ2) is 7.23. The van der Waals surface area contributed by atoms with Gasteiger partial charge in [0.25, 0.3) is 0 Å². The van der Waals surface area contributed by atoms with Crippen LogP contribution in [-0.2, 0) is 9.59 Å². The second-order valence-electron chi connectivity index (χ2n) is 11.0. The molecule has 2 aromatic rings. The highest BCUT2D eigenvalue weighted by atomic mass is 19.1. The number of carbonyl (C=O) groups is 2. The molecule has 2 N–H and O–H groups in total. The number of ether oxygens (including phenoxy) is 1. The highest BCUT2D eigenvalue weighted by Gasteiger charge is 2.69. The number of aromatic nitrogens is 1. The van der Waals surface area contributed by atoms with E-state index in [4.69, 9.17) is 9.84 Å². The average molecular weight is 453 g/mol. The topological polar surface area (TPSA) is 88.5 Å². The number of fused-ring (bicyclic) bond motifs is 2. The zero-order valence-corrected chi connectivity index (χ0v) is 18.7. The molecule has 1 amide bonds. The summed E-state index contributed by atoms with van der Waals surface area (Å²) in [6.07, 6.45) is 6.63. The van der Waals surface area contributed by atoms with Crippen molar-refractivity contribution in [3.8, 4) is 5.75 Å². The predicted octanol–water partition coefficient (Wildman–Crippen LogP) is 3.40. The van der Waals surface area contributed by atoms with Crippen molar-refractivity contribution in [3.05, 3.63) is 36.3 Å². The van der Waals surface area contributed by atoms with Crippen molar-refractivity contribution in [1.29, 1.82) is 0 Å². The zero-order chi connectivity index (χ0) is 23.0. The smallest absolute Gasteiger partial charge is 0.223 e. The van der Waals surface area contributed by atoms with Gasteiger partial charge >= 0.3 is 0 Å². The Morgan fingerprint density at radius 3 is 2.67 bits per heavy atom. The van der Waals surface area contributed by atoms with Gasteiger partial charge in [0.2, 0.25) is 5.91 Å². The van der Waals surface area contributed by atoms with Gasteiger partial charge in [0.15, 0.2) is 5.78 Å². The summed E-state index contributed by atoms with van der Waals surface area (Å²) in [5.41, 5.74) is 0.627. The number of halogens is 1. The lowest BCUT2D eigenvalue weighted by Crippen LogP contribution is -2.75. The van der Waals surface area contributed by atoms with Gasteiger partial charge < -0.3 is 15.2 Å². The fourth-order valence-electron chi connectivity index (χ4n) is 7.40. The minimum absolute atomic E-state index is 0.0248. The van der Waals surface area contributed by atoms with E-state index in [1.54, 1.807) is 18.3 Å². The predicted molar refractivity (Wildman–Crippen MR) is 119 cm³/mol. The van der Waals surface area contributed by atoms with Crippen LogP contribution in [0.25, 0.3) is 10.9 Å². The molecule has 5 aliphatic rings. The van der Waals surface area contributed by atoms with E-state index in [-0.39, 0.29) is 47.1 Å². The molecule has 7 heteroatoms. The van der Waals surface area contributed by atoms with E-state index in [2.05, 4.69) is 10.3 Å². The first-order valence-corrected chi connectivity index (χ1v) is 12.0. The van der Waals surface area contributed by atoms with Crippen LogP contribution in [0, 0.1) is 34.9 Å². The largest absolute Gasteiger partial charge is 0.490 e. The Bertz CT molecular complexity index is 1120. The fourth-order valence-corrected chi connectivity index (χ4v) is 7.40. The SMILES string of the molecule is CC(C(=O)NC12CC(CC(=O)CO)(C1)C2)C1[C@H]2CC(Oc3ccnc4ccc(F)cc34)C[C@@H]12. The lowest BCUT2D eigenvalue weighted by atomic mass is 9.38. The molecule has 6 nitrogen and oxygen atoms in total. The van der Waals surface area contributed by atoms with Crippen molar-refractivity contribution in [2.45, 2.75) is 57.1 Å². The number of amides is 1. The number of nitrogens with zero attached hydrogens (tertiary/aromatic N) is 1. The summed E-state index contributed by atoms with van der Waals surface area (Å²) >= 11 is 0. The molecule has 1 aromatic heterocycles. The first-order valence-electron chi connectivity index (χ1n) is 12.0. The van der Waals surface area contributed by atoms with E-state index in [9.17, 15) is 14.0 Å². The molecule has 0 radical (unpaired) electrons. The van der Waals surface area contributed by atoms with Crippen LogP contribution in [-0.4, -0.2) is 40.0 Å². The number of Topliss-reactive ketones (excluding diaryl/α,β-unsaturated/α-hetero) is 1. The third kappa shape index (κ3) is 3.43. The minimum Gasteiger partial charge on any atom is -0.490 e. The number of rotatable bonds is 8. The van der Waals surface area contributed by atoms with Gasteiger partial charge in [-0.05, 0) is 79.5 Å². The summed E-state index contributed by atoms with van der Waals surface area (Å²) in [4.78, 5) is 28.8. The normalized spacial score (nSPS) is 36.3. The van der Waals surface area contributed by atoms with Crippen LogP contribution >= 0.6 is 0 Å². The summed E-state index contributed by atoms with van der Waals surface area (Å²) < 4.78 is 20.0. The highest BCUT2D eigenvalue weighted by Crippen LogP contribution is 2.69. The molecule has 33 heavy (non-hydrogen) atoms. The van der Waals surface area contributed by atoms with E-state index in [0.29, 0.717) is 35.3 Å². The molecular formula is C26H29FN2O4. The Kier molecular flexibility index (Phi) is 4.60. The Morgan fingerprint density at radius 1 is 1.24 bits per heavy atom. The molecule has 7 rings (SSSR count). The van der Waals surface area contributed by atoms with Crippen molar-refractivity contribution in [2.24, 2.45) is 29.1 Å². The van der Waals surface area contributed by atoms with Crippen LogP contribution in [0.2, 0.25) is 0 Å². The average Bonchev–Trinajstić information content (AvgIpc) is 3.25. The molecule has 5 atom stereocenters. The van der Waals surface area contributed by atoms with E-state index in [0.717, 1.165) is 37.6 Å². The van der Waals surface area contributed by atoms with Gasteiger partial charge in [-0.3, -0.25) is 14.6 Å². The van der Waals surface area contributed by atoms with Gasteiger partial charge in [-0.25, -0.2) is 4.39 Å². The number of ketones is 1. The summed E-state index contributed by atoms with van der Waals surface area (Å²) in [7, 11) is 0. The molecule has 5 fully saturated rings. The number of pyridine rings is 1. The van der Waals surface area contributed by atoms with Crippen molar-refractivity contribution in [1.82, 2.24) is 10.3 Å². The van der Waals surface area contributed by atoms with Gasteiger partial charge in [0, 0.05) is 29.5 Å². The first kappa shape index (κ1) is 21.0. The molecule has 0 saturated heterocycles. The number of hydrogen-bond acceptors (Lipinski definition) is 5. The number of benzene rings is 1. The molecule has 2 bridgehead atoms. The summed E-state index contributed by atoms with van der Waals surface area (Å²) in [6, 6.07) is 6.34. The molecule has 1 heterocycles. The first-order chi connectivity index (χ1) is 15.8. The van der Waals surface area contributed by atoms with Gasteiger partial charge in [0.1, 0.15) is 18.2 Å². The molecular weight excluding hydrogens is 423 g/mol. The number of hydrogen-bond donors (Lipinski definition) is 2. The lowest BCUT2D eigenvalue weighted by molar-refractivity contribution is -0.174. The Morgan fingerprint density at radius 2 is 1.97 bits per heavy atom. The van der Waals surface area contributed by atoms with E-state index >= 15 is 0 Å². The van der Waals surface area contributed by atoms with E-state index in [1.165, 1.54) is 12.1 Å². The number of aliphatic hydroxyl groups is 1. The molecule has 1 aromatic carbocycles. The van der Waals surface area contributed by atoms with Gasteiger partial charge in [-0.2, -0.15) is 0 Å². The van der Waals surface area contributed by atoms with Crippen molar-refractivity contribution >= 4 is 22.6 Å². The van der Waals surface area contributed by atoms with E-state index in [1.807, 2.05) is 6.92 Å². The lowest BCUT2D eigenvalue weighted by Gasteiger charge is -2.70. The van der Waals surface area contributed by atoms with Crippen LogP contribution in [0.15, 0.2) is 30.5 Å². The molecule has 0 aliphatic heterocycles. The molecule has 5 saturated carbocycles. The number of carbonyl (C=O) groups excluding carboxylic acids is 2. The number of aliphatic hydroxyl groups excluding tert-OH is 1. The maximum Gasteiger partial charge on any atom is 0.223 e. The Balaban J connectivity index is 1.01. The Labute approximate surface area is 191 Å². The van der Waals surface area contributed by atoms with Crippen molar-refractivity contribution in [2.75, 3.05) is 6.61 Å². The third-order valence-corrected chi connectivity index (χ3v) is 8.69. The highest BCUT2D eigenvalue weighted by molar-refractivity contribution is 5.85. The molecule has 3 unspecified atom stereocenters. The second-order valence-corrected chi connectivity index (χ2v) is 11.0. The Hall–Kier alpha value is -2.54. The van der Waals surface area contributed by atoms with Crippen LogP contribution in [0.1, 0.15) is 45.4 Å². The molecule has 0 spiro atoms. The van der Waals surface area contributed by atoms with E-state index < -0.39 is 0 Å². The fraction of sp³-hybridized carbons (Fsp3) is 0.577. The summed E-state index contributed by atoms with van der Waals surface area (Å²) in [5, 5.41) is 12.9. The maximum atomic E-state index is 13.7. The van der Waals surface area contributed by atoms with Crippen molar-refractivity contribution in [3.63, 3.8) is 0 Å². The van der Waals surface area contributed by atoms with Crippen LogP contribution in [0.3, 0.4) is 0 Å². The monoisotopic (exact) mass is 452 g/mol. The quantitative estimate of drug-likeness (QED) is 0.641. The van der Waals surface area contributed by atoms with Crippen LogP contribution in [0.5, 0.6) is 5.75 Å². The summed E-state index contributed by atoms with van der Waals surface area (Å²) in [6.45, 7) is 1.64. The summed E-state index contributed by atoms with van der Waals surface area (Å²) in [5.74, 6) is 1.77. The third-order valence-electron chi connectivity index (χ3n) is 8.69. The van der Waals surface area contributed by atoms with Crippen LogP contribution < -0.4 is 10.1 Å². The minimum atomic E-state index is -0.387. The van der Waals surface area contributed by atoms with Crippen LogP contribution in [0.4, 0.5) is 4.39 Å². The van der Waals surface area contributed by atoms with Gasteiger partial charge in [0.05, 0.1) is 11.6 Å². The van der Waals surface area contributed by atoms with Gasteiger partial charge in [-0.1, -0.05) is 6.92 Å². The maximum absolute atomic E-state index is 13.7. The van der Waals surface area contributed by atoms with Gasteiger partial charge in [-0.15, -0.1) is 0 Å². The molecule has 174 valence electrons. The number of nitrogens with one attached hydrogen (secondary N) is 1. The zero-order valence-electron chi connectivity index (χ0n) is 18.7. The van der Waals surface area contributed by atoms with Crippen molar-refractivity contribution < 1.29 is 23.8 Å².